The maximum absolute atomic E-state index is 14.3. The van der Waals surface area contributed by atoms with Crippen molar-refractivity contribution in [3.8, 4) is 28.4 Å². The quantitative estimate of drug-likeness (QED) is 0.139. The zero-order chi connectivity index (χ0) is 44.1. The van der Waals surface area contributed by atoms with Gasteiger partial charge in [0.25, 0.3) is 5.91 Å². The monoisotopic (exact) mass is 854 g/mol. The number of aryl methyl sites for hydroxylation is 1. The molecule has 1 aliphatic carbocycles. The zero-order valence-corrected chi connectivity index (χ0v) is 35.8. The van der Waals surface area contributed by atoms with E-state index in [-0.39, 0.29) is 61.6 Å². The summed E-state index contributed by atoms with van der Waals surface area (Å²) in [7, 11) is 0. The number of carbonyl (C=O) groups is 4. The lowest BCUT2D eigenvalue weighted by Crippen LogP contribution is -2.52. The fraction of sp³-hybridized carbons (Fsp3) is 0.333. The standard InChI is InChI=1S/C51H55FN4O7/c1-3-61-45-30-39(38-18-23-43(52)33(2)26-38)29-40-31-62-42-21-16-34(17-22-42)24-25-53-50(59)44(27-35-10-6-4-7-11-35)55-51(60)48(37-12-8-5-9-13-37)56-46(57)28-36-14-19-41(20-15-36)54-47(58)32-63-49(40)45/h4-13,16-18,21-23,26,29-30,36,41,44,48H,3,14-15,19-20,24-25,27-28,31-32H2,1-2H3,(H,53,59)(H,54,58)(H,55,60)(H,56,57)/t36?,41?,44-,48+/m1/s1. The summed E-state index contributed by atoms with van der Waals surface area (Å²) >= 11 is 0. The summed E-state index contributed by atoms with van der Waals surface area (Å²) in [5.74, 6) is -0.218. The molecule has 63 heavy (non-hydrogen) atoms. The number of hydrogen-bond donors (Lipinski definition) is 4. The minimum atomic E-state index is -1.02. The van der Waals surface area contributed by atoms with E-state index in [0.717, 1.165) is 22.3 Å². The van der Waals surface area contributed by atoms with Gasteiger partial charge in [-0.25, -0.2) is 4.39 Å². The number of ether oxygens (including phenoxy) is 3. The Kier molecular flexibility index (Phi) is 15.1. The molecule has 4 amide bonds. The zero-order valence-electron chi connectivity index (χ0n) is 35.8. The Morgan fingerprint density at radius 2 is 1.44 bits per heavy atom. The van der Waals surface area contributed by atoms with Crippen LogP contribution in [-0.4, -0.2) is 55.5 Å². The van der Waals surface area contributed by atoms with Crippen LogP contribution in [0.5, 0.6) is 17.2 Å². The van der Waals surface area contributed by atoms with Gasteiger partial charge in [-0.1, -0.05) is 78.9 Å². The van der Waals surface area contributed by atoms with Crippen molar-refractivity contribution in [1.29, 1.82) is 0 Å². The Morgan fingerprint density at radius 1 is 0.714 bits per heavy atom. The van der Waals surface area contributed by atoms with Gasteiger partial charge in [-0.15, -0.1) is 0 Å². The van der Waals surface area contributed by atoms with Gasteiger partial charge >= 0.3 is 0 Å². The molecule has 4 bridgehead atoms. The molecule has 1 fully saturated rings. The van der Waals surface area contributed by atoms with Gasteiger partial charge in [0.05, 0.1) is 6.61 Å². The smallest absolute Gasteiger partial charge is 0.258 e. The summed E-state index contributed by atoms with van der Waals surface area (Å²) in [6.07, 6.45) is 3.76. The van der Waals surface area contributed by atoms with Crippen molar-refractivity contribution in [3.05, 3.63) is 149 Å². The summed E-state index contributed by atoms with van der Waals surface area (Å²) in [5.41, 5.74) is 5.14. The highest BCUT2D eigenvalue weighted by Gasteiger charge is 2.30. The second-order valence-electron chi connectivity index (χ2n) is 16.3. The predicted octanol–water partition coefficient (Wildman–Crippen LogP) is 7.48. The number of hydrogen-bond acceptors (Lipinski definition) is 7. The second kappa shape index (κ2) is 21.4. The molecule has 1 saturated carbocycles. The van der Waals surface area contributed by atoms with Crippen LogP contribution >= 0.6 is 0 Å². The first-order chi connectivity index (χ1) is 30.6. The molecule has 5 aromatic carbocycles. The Hall–Kier alpha value is -6.69. The first-order valence-corrected chi connectivity index (χ1v) is 21.8. The summed E-state index contributed by atoms with van der Waals surface area (Å²) in [4.78, 5) is 55.0. The van der Waals surface area contributed by atoms with Crippen molar-refractivity contribution < 1.29 is 37.8 Å². The summed E-state index contributed by atoms with van der Waals surface area (Å²) in [6.45, 7) is 4.05. The van der Waals surface area contributed by atoms with Gasteiger partial charge in [0, 0.05) is 31.0 Å². The van der Waals surface area contributed by atoms with Gasteiger partial charge in [-0.2, -0.15) is 0 Å². The maximum Gasteiger partial charge on any atom is 0.258 e. The third-order valence-corrected chi connectivity index (χ3v) is 11.6. The van der Waals surface area contributed by atoms with Crippen molar-refractivity contribution in [2.24, 2.45) is 5.92 Å². The SMILES string of the molecule is CCOc1cc(-c2ccc(F)c(C)c2)cc2c1OCC(=O)NC1CCC(CC1)CC(=O)N[C@@H](c1ccccc1)C(=O)N[C@H](Cc1ccccc1)C(=O)NCCc1ccc(cc1)OC2. The van der Waals surface area contributed by atoms with Gasteiger partial charge in [-0.3, -0.25) is 19.2 Å². The molecule has 5 aliphatic rings. The van der Waals surface area contributed by atoms with E-state index < -0.39 is 18.0 Å². The largest absolute Gasteiger partial charge is 0.490 e. The minimum Gasteiger partial charge on any atom is -0.490 e. The Bertz CT molecular complexity index is 2350. The molecular weight excluding hydrogens is 800 g/mol. The van der Waals surface area contributed by atoms with Crippen LogP contribution < -0.4 is 35.5 Å². The number of nitrogens with one attached hydrogen (secondary N) is 4. The number of benzene rings is 5. The molecule has 328 valence electrons. The van der Waals surface area contributed by atoms with Gasteiger partial charge in [0.15, 0.2) is 18.1 Å². The van der Waals surface area contributed by atoms with Crippen LogP contribution in [0.25, 0.3) is 11.1 Å². The van der Waals surface area contributed by atoms with Gasteiger partial charge in [0.2, 0.25) is 17.7 Å². The first-order valence-electron chi connectivity index (χ1n) is 21.8. The maximum atomic E-state index is 14.3. The highest BCUT2D eigenvalue weighted by molar-refractivity contribution is 5.93. The van der Waals surface area contributed by atoms with Crippen LogP contribution in [0.1, 0.15) is 72.9 Å². The van der Waals surface area contributed by atoms with Crippen molar-refractivity contribution in [2.75, 3.05) is 19.8 Å². The van der Waals surface area contributed by atoms with E-state index in [0.29, 0.717) is 79.2 Å². The third-order valence-electron chi connectivity index (χ3n) is 11.6. The highest BCUT2D eigenvalue weighted by Crippen LogP contribution is 2.38. The fourth-order valence-corrected chi connectivity index (χ4v) is 8.21. The molecule has 0 unspecified atom stereocenters. The second-order valence-corrected chi connectivity index (χ2v) is 16.3. The van der Waals surface area contributed by atoms with E-state index in [1.165, 1.54) is 6.07 Å². The molecule has 0 spiro atoms. The molecular formula is C51H55FN4O7. The average Bonchev–Trinajstić information content (AvgIpc) is 3.29. The minimum absolute atomic E-state index is 0.0582. The molecule has 2 atom stereocenters. The van der Waals surface area contributed by atoms with Gasteiger partial charge < -0.3 is 35.5 Å². The Labute approximate surface area is 368 Å². The van der Waals surface area contributed by atoms with Crippen molar-refractivity contribution in [2.45, 2.75) is 83.5 Å². The van der Waals surface area contributed by atoms with Crippen LogP contribution in [-0.2, 0) is 38.6 Å². The van der Waals surface area contributed by atoms with Crippen molar-refractivity contribution in [3.63, 3.8) is 0 Å². The van der Waals surface area contributed by atoms with E-state index in [9.17, 15) is 23.6 Å². The molecule has 0 saturated heterocycles. The van der Waals surface area contributed by atoms with Crippen LogP contribution in [0.3, 0.4) is 0 Å². The molecule has 12 heteroatoms. The normalized spacial score (nSPS) is 20.4. The number of amides is 4. The van der Waals surface area contributed by atoms with Crippen LogP contribution in [0, 0.1) is 18.7 Å². The van der Waals surface area contributed by atoms with E-state index in [4.69, 9.17) is 14.2 Å². The Balaban J connectivity index is 1.15. The molecule has 4 N–H and O–H groups in total. The topological polar surface area (TPSA) is 144 Å². The van der Waals surface area contributed by atoms with E-state index in [2.05, 4.69) is 21.3 Å². The van der Waals surface area contributed by atoms with E-state index in [1.807, 2.05) is 91.9 Å². The average molecular weight is 855 g/mol. The summed E-state index contributed by atoms with van der Waals surface area (Å²) in [6, 6.07) is 32.7. The number of halogens is 1. The number of carbonyl (C=O) groups excluding carboxylic acids is 4. The van der Waals surface area contributed by atoms with Crippen molar-refractivity contribution in [1.82, 2.24) is 21.3 Å². The fourth-order valence-electron chi connectivity index (χ4n) is 8.21. The molecule has 10 rings (SSSR count). The lowest BCUT2D eigenvalue weighted by molar-refractivity contribution is -0.132. The van der Waals surface area contributed by atoms with Gasteiger partial charge in [0.1, 0.15) is 30.3 Å². The van der Waals surface area contributed by atoms with Crippen LogP contribution in [0.4, 0.5) is 4.39 Å². The lowest BCUT2D eigenvalue weighted by atomic mass is 9.84. The molecule has 4 aliphatic heterocycles. The predicted molar refractivity (Wildman–Crippen MR) is 239 cm³/mol. The molecule has 4 heterocycles. The summed E-state index contributed by atoms with van der Waals surface area (Å²) in [5, 5.41) is 12.1. The van der Waals surface area contributed by atoms with E-state index in [1.54, 1.807) is 31.2 Å². The number of rotatable bonds is 6. The molecule has 11 nitrogen and oxygen atoms in total. The molecule has 0 aromatic heterocycles. The summed E-state index contributed by atoms with van der Waals surface area (Å²) < 4.78 is 32.9. The Morgan fingerprint density at radius 3 is 2.16 bits per heavy atom. The van der Waals surface area contributed by atoms with Gasteiger partial charge in [-0.05, 0) is 122 Å². The first kappa shape index (κ1) is 44.4. The molecule has 0 radical (unpaired) electrons. The highest BCUT2D eigenvalue weighted by atomic mass is 19.1. The van der Waals surface area contributed by atoms with Crippen molar-refractivity contribution >= 4 is 23.6 Å². The third kappa shape index (κ3) is 12.2. The van der Waals surface area contributed by atoms with Crippen LogP contribution in [0.15, 0.2) is 115 Å². The van der Waals surface area contributed by atoms with E-state index >= 15 is 0 Å². The van der Waals surface area contributed by atoms with Crippen LogP contribution in [0.2, 0.25) is 0 Å². The lowest BCUT2D eigenvalue weighted by Gasteiger charge is -2.29. The molecule has 5 aromatic rings.